The fourth-order valence-electron chi connectivity index (χ4n) is 8.00. The highest BCUT2D eigenvalue weighted by Crippen LogP contribution is 2.48. The lowest BCUT2D eigenvalue weighted by Crippen LogP contribution is -1.93. The molecule has 0 aliphatic carbocycles. The predicted molar refractivity (Wildman–Crippen MR) is 216 cm³/mol. The summed E-state index contributed by atoms with van der Waals surface area (Å²) in [6.07, 6.45) is 0. The average molecular weight is 649 g/mol. The first-order valence-electron chi connectivity index (χ1n) is 17.5. The van der Waals surface area contributed by atoms with Crippen molar-refractivity contribution in [3.63, 3.8) is 0 Å². The zero-order chi connectivity index (χ0) is 33.7. The first-order valence-corrected chi connectivity index (χ1v) is 17.5. The van der Waals surface area contributed by atoms with E-state index in [1.807, 2.05) is 0 Å². The van der Waals surface area contributed by atoms with Crippen LogP contribution in [-0.4, -0.2) is 0 Å². The zero-order valence-corrected chi connectivity index (χ0v) is 27.9. The SMILES string of the molecule is c1ccc(-c2ccc3c(c2)oc2cccc(-c4c5ccccc5c(-c5ccc(-c6ccccc6)c(-c6ccccc6)c5)c5ccccc45)c23)cc1. The van der Waals surface area contributed by atoms with E-state index in [0.717, 1.165) is 27.5 Å². The van der Waals surface area contributed by atoms with E-state index in [1.54, 1.807) is 0 Å². The first-order chi connectivity index (χ1) is 25.3. The molecule has 1 heteroatoms. The van der Waals surface area contributed by atoms with Crippen LogP contribution in [0.25, 0.3) is 99.1 Å². The van der Waals surface area contributed by atoms with Crippen molar-refractivity contribution in [2.24, 2.45) is 0 Å². The summed E-state index contributed by atoms with van der Waals surface area (Å²) in [4.78, 5) is 0. The van der Waals surface area contributed by atoms with Gasteiger partial charge in [-0.2, -0.15) is 0 Å². The van der Waals surface area contributed by atoms with Gasteiger partial charge < -0.3 is 4.42 Å². The molecule has 0 amide bonds. The van der Waals surface area contributed by atoms with Gasteiger partial charge in [0.1, 0.15) is 11.2 Å². The number of hydrogen-bond acceptors (Lipinski definition) is 1. The smallest absolute Gasteiger partial charge is 0.136 e. The van der Waals surface area contributed by atoms with E-state index in [-0.39, 0.29) is 0 Å². The molecule has 0 fully saturated rings. The molecule has 0 saturated carbocycles. The summed E-state index contributed by atoms with van der Waals surface area (Å²) < 4.78 is 6.60. The molecule has 1 aromatic heterocycles. The lowest BCUT2D eigenvalue weighted by Gasteiger charge is -2.19. The fourth-order valence-corrected chi connectivity index (χ4v) is 8.00. The van der Waals surface area contributed by atoms with Crippen LogP contribution in [0.15, 0.2) is 199 Å². The molecule has 0 radical (unpaired) electrons. The Hall–Kier alpha value is -6.70. The fraction of sp³-hybridized carbons (Fsp3) is 0. The molecule has 10 rings (SSSR count). The van der Waals surface area contributed by atoms with Gasteiger partial charge in [0.15, 0.2) is 0 Å². The molecule has 0 aliphatic rings. The normalized spacial score (nSPS) is 11.5. The minimum Gasteiger partial charge on any atom is -0.456 e. The predicted octanol–water partition coefficient (Wildman–Crippen LogP) is 14.2. The van der Waals surface area contributed by atoms with E-state index < -0.39 is 0 Å². The molecule has 0 N–H and O–H groups in total. The summed E-state index contributed by atoms with van der Waals surface area (Å²) in [7, 11) is 0. The summed E-state index contributed by atoms with van der Waals surface area (Å²) in [5.41, 5.74) is 13.9. The molecule has 0 saturated heterocycles. The van der Waals surface area contributed by atoms with Crippen molar-refractivity contribution >= 4 is 43.5 Å². The van der Waals surface area contributed by atoms with Gasteiger partial charge in [-0.25, -0.2) is 0 Å². The number of furan rings is 1. The molecule has 51 heavy (non-hydrogen) atoms. The van der Waals surface area contributed by atoms with Crippen LogP contribution in [-0.2, 0) is 0 Å². The third-order valence-corrected chi connectivity index (χ3v) is 10.3. The number of fused-ring (bicyclic) bond motifs is 5. The van der Waals surface area contributed by atoms with Gasteiger partial charge in [0.05, 0.1) is 0 Å². The quantitative estimate of drug-likeness (QED) is 0.169. The van der Waals surface area contributed by atoms with E-state index in [2.05, 4.69) is 194 Å². The molecule has 9 aromatic carbocycles. The Balaban J connectivity index is 1.24. The molecular formula is C50H32O. The Kier molecular flexibility index (Phi) is 6.89. The Bertz CT molecular complexity index is 2830. The number of hydrogen-bond donors (Lipinski definition) is 0. The molecular weight excluding hydrogens is 617 g/mol. The Labute approximate surface area is 296 Å². The zero-order valence-electron chi connectivity index (χ0n) is 27.9. The average Bonchev–Trinajstić information content (AvgIpc) is 3.59. The van der Waals surface area contributed by atoms with Crippen LogP contribution in [0.4, 0.5) is 0 Å². The third kappa shape index (κ3) is 4.86. The van der Waals surface area contributed by atoms with Gasteiger partial charge in [0.25, 0.3) is 0 Å². The molecule has 1 nitrogen and oxygen atoms in total. The molecule has 10 aromatic rings. The van der Waals surface area contributed by atoms with E-state index in [9.17, 15) is 0 Å². The van der Waals surface area contributed by atoms with Crippen molar-refractivity contribution in [1.29, 1.82) is 0 Å². The maximum atomic E-state index is 6.60. The summed E-state index contributed by atoms with van der Waals surface area (Å²) in [6.45, 7) is 0. The third-order valence-electron chi connectivity index (χ3n) is 10.3. The van der Waals surface area contributed by atoms with Crippen molar-refractivity contribution in [1.82, 2.24) is 0 Å². The van der Waals surface area contributed by atoms with Crippen molar-refractivity contribution in [3.05, 3.63) is 194 Å². The Morgan fingerprint density at radius 3 is 1.41 bits per heavy atom. The monoisotopic (exact) mass is 648 g/mol. The second-order valence-corrected chi connectivity index (χ2v) is 13.2. The number of benzene rings is 9. The van der Waals surface area contributed by atoms with Gasteiger partial charge in [-0.3, -0.25) is 0 Å². The molecule has 0 bridgehead atoms. The molecule has 1 heterocycles. The Morgan fingerprint density at radius 1 is 0.255 bits per heavy atom. The van der Waals surface area contributed by atoms with Crippen LogP contribution in [0.5, 0.6) is 0 Å². The van der Waals surface area contributed by atoms with Crippen molar-refractivity contribution < 1.29 is 4.42 Å². The maximum Gasteiger partial charge on any atom is 0.136 e. The highest BCUT2D eigenvalue weighted by atomic mass is 16.3. The van der Waals surface area contributed by atoms with E-state index in [1.165, 1.54) is 71.6 Å². The summed E-state index contributed by atoms with van der Waals surface area (Å²) in [6, 6.07) is 69.9. The van der Waals surface area contributed by atoms with Crippen LogP contribution in [0.2, 0.25) is 0 Å². The van der Waals surface area contributed by atoms with Crippen LogP contribution >= 0.6 is 0 Å². The lowest BCUT2D eigenvalue weighted by molar-refractivity contribution is 0.669. The molecule has 238 valence electrons. The first kappa shape index (κ1) is 29.2. The number of rotatable bonds is 5. The lowest BCUT2D eigenvalue weighted by atomic mass is 9.83. The van der Waals surface area contributed by atoms with Gasteiger partial charge >= 0.3 is 0 Å². The minimum atomic E-state index is 0.897. The second-order valence-electron chi connectivity index (χ2n) is 13.2. The van der Waals surface area contributed by atoms with E-state index in [0.29, 0.717) is 0 Å². The molecule has 0 aliphatic heterocycles. The van der Waals surface area contributed by atoms with Crippen LogP contribution < -0.4 is 0 Å². The van der Waals surface area contributed by atoms with Crippen molar-refractivity contribution in [2.45, 2.75) is 0 Å². The van der Waals surface area contributed by atoms with Gasteiger partial charge in [-0.05, 0) is 101 Å². The maximum absolute atomic E-state index is 6.60. The van der Waals surface area contributed by atoms with Crippen LogP contribution in [0.1, 0.15) is 0 Å². The van der Waals surface area contributed by atoms with Crippen LogP contribution in [0.3, 0.4) is 0 Å². The molecule has 0 spiro atoms. The van der Waals surface area contributed by atoms with Gasteiger partial charge in [0, 0.05) is 10.8 Å². The summed E-state index contributed by atoms with van der Waals surface area (Å²) in [5, 5.41) is 7.18. The van der Waals surface area contributed by atoms with Gasteiger partial charge in [-0.15, -0.1) is 0 Å². The topological polar surface area (TPSA) is 13.1 Å². The molecule has 0 atom stereocenters. The van der Waals surface area contributed by atoms with Crippen molar-refractivity contribution in [3.8, 4) is 55.6 Å². The Morgan fingerprint density at radius 2 is 0.784 bits per heavy atom. The van der Waals surface area contributed by atoms with Crippen molar-refractivity contribution in [2.75, 3.05) is 0 Å². The minimum absolute atomic E-state index is 0.897. The van der Waals surface area contributed by atoms with E-state index in [4.69, 9.17) is 4.42 Å². The summed E-state index contributed by atoms with van der Waals surface area (Å²) >= 11 is 0. The van der Waals surface area contributed by atoms with Crippen LogP contribution in [0, 0.1) is 0 Å². The molecule has 0 unspecified atom stereocenters. The van der Waals surface area contributed by atoms with E-state index >= 15 is 0 Å². The van der Waals surface area contributed by atoms with Gasteiger partial charge in [-0.1, -0.05) is 170 Å². The largest absolute Gasteiger partial charge is 0.456 e. The second kappa shape index (κ2) is 12.0. The highest BCUT2D eigenvalue weighted by molar-refractivity contribution is 6.25. The van der Waals surface area contributed by atoms with Gasteiger partial charge in [0.2, 0.25) is 0 Å². The summed E-state index contributed by atoms with van der Waals surface area (Å²) in [5.74, 6) is 0. The highest BCUT2D eigenvalue weighted by Gasteiger charge is 2.21. The standard InChI is InChI=1S/C50H32O/c1-4-15-33(16-5-1)36-27-30-43-47(32-36)51-46-26-14-25-44(50(43)46)49-41-23-12-10-21-39(41)48(40-22-11-13-24-42(40)49)37-28-29-38(34-17-6-2-7-18-34)45(31-37)35-19-8-3-9-20-35/h1-32H.